The second-order valence-corrected chi connectivity index (χ2v) is 17.9. The lowest BCUT2D eigenvalue weighted by Gasteiger charge is -2.41. The average molecular weight is 757 g/mol. The Kier molecular flexibility index (Phi) is 12.1. The zero-order valence-electron chi connectivity index (χ0n) is 30.2. The summed E-state index contributed by atoms with van der Waals surface area (Å²) in [7, 11) is -2.22. The molecule has 2 aromatic heterocycles. The molecule has 282 valence electrons. The molecule has 1 saturated heterocycles. The van der Waals surface area contributed by atoms with Gasteiger partial charge in [0.1, 0.15) is 6.10 Å². The van der Waals surface area contributed by atoms with Crippen LogP contribution in [0.3, 0.4) is 0 Å². The third-order valence-corrected chi connectivity index (χ3v) is 11.2. The molecule has 0 bridgehead atoms. The molecule has 2 fully saturated rings. The number of ether oxygens (including phenoxy) is 1. The number of aromatic nitrogens is 2. The van der Waals surface area contributed by atoms with Crippen LogP contribution in [0.1, 0.15) is 56.1 Å². The molecule has 1 saturated carbocycles. The number of benzene rings is 2. The number of nitrogens with zero attached hydrogens (tertiary/aromatic N) is 2. The van der Waals surface area contributed by atoms with Crippen molar-refractivity contribution >= 4 is 19.2 Å². The molecule has 0 spiro atoms. The van der Waals surface area contributed by atoms with Crippen LogP contribution in [0, 0.1) is 29.6 Å². The molecule has 2 aromatic carbocycles. The van der Waals surface area contributed by atoms with Crippen molar-refractivity contribution in [2.24, 2.45) is 29.6 Å². The molecule has 12 heteroatoms. The first-order valence-electron chi connectivity index (χ1n) is 17.5. The topological polar surface area (TPSA) is 69.2 Å². The van der Waals surface area contributed by atoms with Gasteiger partial charge in [-0.05, 0) is 98.0 Å². The Labute approximate surface area is 306 Å². The predicted octanol–water partition coefficient (Wildman–Crippen LogP) is 11.5. The summed E-state index contributed by atoms with van der Waals surface area (Å²) in [5, 5.41) is 0. The molecule has 6 rings (SSSR count). The van der Waals surface area contributed by atoms with E-state index < -0.39 is 30.6 Å². The number of hydrogen-bond donors (Lipinski definition) is 0. The number of fused-ring (bicyclic) bond motifs is 1. The zero-order chi connectivity index (χ0) is 38.7. The van der Waals surface area contributed by atoms with Crippen LogP contribution < -0.4 is 0 Å². The lowest BCUT2D eigenvalue weighted by molar-refractivity contribution is -0.144. The van der Waals surface area contributed by atoms with E-state index in [0.717, 1.165) is 42.8 Å². The van der Waals surface area contributed by atoms with Crippen molar-refractivity contribution in [3.05, 3.63) is 114 Å². The lowest BCUT2D eigenvalue weighted by Crippen LogP contribution is -2.40. The summed E-state index contributed by atoms with van der Waals surface area (Å²) in [6.45, 7) is 9.73. The fraction of sp³-hybridized carbons (Fsp3) is 0.390. The molecular formula is C41H43F6N2O3P. The minimum absolute atomic E-state index is 0.0475. The van der Waals surface area contributed by atoms with E-state index in [-0.39, 0.29) is 29.8 Å². The van der Waals surface area contributed by atoms with E-state index in [1.54, 1.807) is 49.9 Å². The van der Waals surface area contributed by atoms with Gasteiger partial charge >= 0.3 is 18.3 Å². The molecule has 0 amide bonds. The summed E-state index contributed by atoms with van der Waals surface area (Å²) in [4.78, 5) is 20.9. The second kappa shape index (κ2) is 16.0. The summed E-state index contributed by atoms with van der Waals surface area (Å²) in [6, 6.07) is 17.4. The van der Waals surface area contributed by atoms with E-state index in [0.29, 0.717) is 45.9 Å². The molecule has 0 radical (unpaired) electrons. The maximum atomic E-state index is 13.0. The van der Waals surface area contributed by atoms with Crippen molar-refractivity contribution in [3.63, 3.8) is 0 Å². The van der Waals surface area contributed by atoms with Crippen LogP contribution in [0.2, 0.25) is 0 Å². The number of allylic oxidation sites excluding steroid dienone is 1. The van der Waals surface area contributed by atoms with Crippen LogP contribution in [0.5, 0.6) is 0 Å². The zero-order valence-corrected chi connectivity index (χ0v) is 31.1. The number of carbonyl (C=O) groups excluding carboxylic acids is 1. The molecule has 1 aliphatic carbocycles. The number of halogens is 6. The Bertz CT molecular complexity index is 1950. The highest BCUT2D eigenvalue weighted by atomic mass is 31.2. The average Bonchev–Trinajstić information content (AvgIpc) is 3.38. The lowest BCUT2D eigenvalue weighted by atomic mass is 9.61. The SMILES string of the molecule is CCC1C(C)CC2C(=O)O[C@H](C)C2C1/C=C/c1ccc(-c2cccc(C(F)(F)F)c2)cn1.CP(C)(=O)Cc1ccc(-c2cccc(C(F)(F)F)c2)cn1. The van der Waals surface area contributed by atoms with E-state index in [4.69, 9.17) is 4.74 Å². The van der Waals surface area contributed by atoms with Crippen molar-refractivity contribution < 1.29 is 40.4 Å². The van der Waals surface area contributed by atoms with Gasteiger partial charge in [0, 0.05) is 41.3 Å². The maximum Gasteiger partial charge on any atom is 0.416 e. The first-order valence-corrected chi connectivity index (χ1v) is 20.3. The minimum atomic E-state index is -4.38. The Morgan fingerprint density at radius 1 is 0.811 bits per heavy atom. The van der Waals surface area contributed by atoms with Crippen molar-refractivity contribution in [1.82, 2.24) is 9.97 Å². The molecule has 5 unspecified atom stereocenters. The number of pyridine rings is 2. The molecular weight excluding hydrogens is 713 g/mol. The number of hydrogen-bond acceptors (Lipinski definition) is 5. The first kappa shape index (κ1) is 40.0. The number of rotatable bonds is 7. The van der Waals surface area contributed by atoms with Crippen molar-refractivity contribution in [3.8, 4) is 22.3 Å². The van der Waals surface area contributed by atoms with Gasteiger partial charge in [0.15, 0.2) is 0 Å². The van der Waals surface area contributed by atoms with E-state index in [9.17, 15) is 35.7 Å². The van der Waals surface area contributed by atoms with Crippen molar-refractivity contribution in [2.75, 3.05) is 13.3 Å². The quantitative estimate of drug-likeness (QED) is 0.107. The van der Waals surface area contributed by atoms with Gasteiger partial charge in [-0.1, -0.05) is 62.7 Å². The highest BCUT2D eigenvalue weighted by molar-refractivity contribution is 7.61. The third kappa shape index (κ3) is 10.0. The van der Waals surface area contributed by atoms with E-state index >= 15 is 0 Å². The Hall–Kier alpha value is -4.24. The summed E-state index contributed by atoms with van der Waals surface area (Å²) < 4.78 is 94.4. The van der Waals surface area contributed by atoms with Crippen molar-refractivity contribution in [1.29, 1.82) is 0 Å². The number of carbonyl (C=O) groups is 1. The first-order chi connectivity index (χ1) is 24.8. The molecule has 4 aromatic rings. The smallest absolute Gasteiger partial charge is 0.416 e. The summed E-state index contributed by atoms with van der Waals surface area (Å²) >= 11 is 0. The second-order valence-electron chi connectivity index (χ2n) is 14.4. The van der Waals surface area contributed by atoms with Gasteiger partial charge in [-0.2, -0.15) is 26.3 Å². The number of alkyl halides is 6. The molecule has 3 heterocycles. The molecule has 6 atom stereocenters. The van der Waals surface area contributed by atoms with Gasteiger partial charge in [0.25, 0.3) is 0 Å². The molecule has 53 heavy (non-hydrogen) atoms. The Balaban J connectivity index is 0.000000224. The largest absolute Gasteiger partial charge is 0.462 e. The van der Waals surface area contributed by atoms with Gasteiger partial charge in [0.05, 0.1) is 29.9 Å². The number of cyclic esters (lactones) is 1. The molecule has 5 nitrogen and oxygen atoms in total. The third-order valence-electron chi connectivity index (χ3n) is 10.1. The maximum absolute atomic E-state index is 13.0. The van der Waals surface area contributed by atoms with E-state index in [1.165, 1.54) is 18.3 Å². The number of esters is 1. The summed E-state index contributed by atoms with van der Waals surface area (Å²) in [5.41, 5.74) is 2.24. The van der Waals surface area contributed by atoms with Crippen LogP contribution in [-0.2, 0) is 32.6 Å². The predicted molar refractivity (Wildman–Crippen MR) is 195 cm³/mol. The monoisotopic (exact) mass is 756 g/mol. The van der Waals surface area contributed by atoms with Gasteiger partial charge in [0.2, 0.25) is 0 Å². The van der Waals surface area contributed by atoms with Crippen molar-refractivity contribution in [2.45, 2.75) is 58.2 Å². The summed E-state index contributed by atoms with van der Waals surface area (Å²) in [6.07, 6.45) is 0.697. The van der Waals surface area contributed by atoms with Crippen LogP contribution in [-0.4, -0.2) is 35.4 Å². The van der Waals surface area contributed by atoms with Crippen LogP contribution in [0.4, 0.5) is 26.3 Å². The van der Waals surface area contributed by atoms with Crippen LogP contribution in [0.15, 0.2) is 91.3 Å². The molecule has 0 N–H and O–H groups in total. The fourth-order valence-corrected chi connectivity index (χ4v) is 8.53. The molecule has 1 aliphatic heterocycles. The van der Waals surface area contributed by atoms with E-state index in [2.05, 4.69) is 29.9 Å². The van der Waals surface area contributed by atoms with Crippen LogP contribution in [0.25, 0.3) is 28.3 Å². The standard InChI is InChI=1S/C26H28F3NO2.C15H15F3NOP/c1-4-21-15(2)12-23-24(16(3)32-25(23)31)22(21)11-10-20-9-8-18(14-30-20)17-6-5-7-19(13-17)26(27,28)29;1-21(2,20)10-14-7-6-12(9-19-14)11-4-3-5-13(8-11)15(16,17)18/h5-11,13-16,21-24H,4,12H2,1-3H3;3-9H,10H2,1-2H3/b11-10+;/t15?,16-,21?,22?,23?,24?;/m1./s1. The highest BCUT2D eigenvalue weighted by Crippen LogP contribution is 2.50. The van der Waals surface area contributed by atoms with Crippen LogP contribution >= 0.6 is 7.14 Å². The molecule has 2 aliphatic rings. The van der Waals surface area contributed by atoms with Gasteiger partial charge < -0.3 is 9.30 Å². The van der Waals surface area contributed by atoms with E-state index in [1.807, 2.05) is 19.1 Å². The Morgan fingerprint density at radius 2 is 1.38 bits per heavy atom. The van der Waals surface area contributed by atoms with Gasteiger partial charge in [-0.3, -0.25) is 14.8 Å². The highest BCUT2D eigenvalue weighted by Gasteiger charge is 2.52. The van der Waals surface area contributed by atoms with Gasteiger partial charge in [-0.25, -0.2) is 0 Å². The van der Waals surface area contributed by atoms with Gasteiger partial charge in [-0.15, -0.1) is 0 Å². The fourth-order valence-electron chi connectivity index (χ4n) is 7.57. The normalized spacial score (nSPS) is 23.3. The summed E-state index contributed by atoms with van der Waals surface area (Å²) in [5.74, 6) is 1.17. The Morgan fingerprint density at radius 3 is 1.85 bits per heavy atom. The minimum Gasteiger partial charge on any atom is -0.462 e.